The Kier molecular flexibility index (Phi) is 5.64. The number of aryl methyl sites for hydroxylation is 1. The van der Waals surface area contributed by atoms with Crippen LogP contribution in [0.5, 0.6) is 5.88 Å². The molecular formula is C17H24N2O3S. The molecule has 1 aliphatic carbocycles. The van der Waals surface area contributed by atoms with Gasteiger partial charge in [0.15, 0.2) is 9.84 Å². The van der Waals surface area contributed by atoms with Gasteiger partial charge in [-0.3, -0.25) is 0 Å². The predicted octanol–water partition coefficient (Wildman–Crippen LogP) is 3.18. The fraction of sp³-hybridized carbons (Fsp3) is 0.647. The van der Waals surface area contributed by atoms with E-state index in [1.807, 2.05) is 6.92 Å². The number of hydrogen-bond donors (Lipinski definition) is 0. The molecule has 0 aromatic carbocycles. The Bertz CT molecular complexity index is 686. The molecule has 23 heavy (non-hydrogen) atoms. The third-order valence-corrected chi connectivity index (χ3v) is 6.30. The standard InChI is InChI=1S/C17H24N2O3S/c1-14-10-16(22-2)19-11-15(14)12-23(20,21)9-8-17(13-18)6-4-3-5-7-17/h10-11H,3-9,12H2,1-2H3. The number of pyridine rings is 1. The molecule has 1 aromatic rings. The van der Waals surface area contributed by atoms with Gasteiger partial charge in [0.05, 0.1) is 30.1 Å². The van der Waals surface area contributed by atoms with Crippen molar-refractivity contribution in [1.82, 2.24) is 4.98 Å². The fourth-order valence-electron chi connectivity index (χ4n) is 3.13. The first-order chi connectivity index (χ1) is 10.9. The smallest absolute Gasteiger partial charge is 0.213 e. The summed E-state index contributed by atoms with van der Waals surface area (Å²) in [6, 6.07) is 4.13. The number of hydrogen-bond acceptors (Lipinski definition) is 5. The summed E-state index contributed by atoms with van der Waals surface area (Å²) in [5, 5.41) is 9.46. The molecule has 1 aromatic heterocycles. The Labute approximate surface area is 138 Å². The van der Waals surface area contributed by atoms with Crippen LogP contribution in [0.4, 0.5) is 0 Å². The van der Waals surface area contributed by atoms with Crippen molar-refractivity contribution in [1.29, 1.82) is 5.26 Å². The lowest BCUT2D eigenvalue weighted by atomic mass is 9.73. The lowest BCUT2D eigenvalue weighted by molar-refractivity contribution is 0.259. The van der Waals surface area contributed by atoms with Gasteiger partial charge in [-0.05, 0) is 37.3 Å². The van der Waals surface area contributed by atoms with Crippen molar-refractivity contribution in [3.63, 3.8) is 0 Å². The van der Waals surface area contributed by atoms with Gasteiger partial charge in [-0.1, -0.05) is 19.3 Å². The lowest BCUT2D eigenvalue weighted by Gasteiger charge is -2.30. The molecule has 126 valence electrons. The summed E-state index contributed by atoms with van der Waals surface area (Å²) in [4.78, 5) is 4.08. The second-order valence-corrected chi connectivity index (χ2v) is 8.63. The van der Waals surface area contributed by atoms with Gasteiger partial charge in [-0.2, -0.15) is 5.26 Å². The summed E-state index contributed by atoms with van der Waals surface area (Å²) >= 11 is 0. The first kappa shape index (κ1) is 17.7. The summed E-state index contributed by atoms with van der Waals surface area (Å²) in [6.45, 7) is 1.85. The average Bonchev–Trinajstić information content (AvgIpc) is 2.56. The van der Waals surface area contributed by atoms with Gasteiger partial charge in [-0.15, -0.1) is 0 Å². The van der Waals surface area contributed by atoms with Crippen LogP contribution < -0.4 is 4.74 Å². The van der Waals surface area contributed by atoms with Crippen LogP contribution in [0, 0.1) is 23.7 Å². The zero-order chi connectivity index (χ0) is 16.9. The second-order valence-electron chi connectivity index (χ2n) is 6.45. The highest BCUT2D eigenvalue weighted by atomic mass is 32.2. The number of nitriles is 1. The molecule has 6 heteroatoms. The molecule has 0 radical (unpaired) electrons. The summed E-state index contributed by atoms with van der Waals surface area (Å²) in [5.74, 6) is 0.512. The van der Waals surface area contributed by atoms with Gasteiger partial charge in [0, 0.05) is 12.3 Å². The number of ether oxygens (including phenoxy) is 1. The van der Waals surface area contributed by atoms with Crippen LogP contribution in [0.2, 0.25) is 0 Å². The molecule has 0 unspecified atom stereocenters. The zero-order valence-corrected chi connectivity index (χ0v) is 14.7. The predicted molar refractivity (Wildman–Crippen MR) is 88.8 cm³/mol. The summed E-state index contributed by atoms with van der Waals surface area (Å²) in [7, 11) is -1.72. The van der Waals surface area contributed by atoms with Crippen molar-refractivity contribution in [2.24, 2.45) is 5.41 Å². The van der Waals surface area contributed by atoms with Crippen LogP contribution in [0.15, 0.2) is 12.3 Å². The first-order valence-electron chi connectivity index (χ1n) is 8.01. The van der Waals surface area contributed by atoms with Crippen molar-refractivity contribution in [2.75, 3.05) is 12.9 Å². The minimum absolute atomic E-state index is 0.0304. The van der Waals surface area contributed by atoms with Gasteiger partial charge < -0.3 is 4.74 Å². The number of aromatic nitrogens is 1. The maximum atomic E-state index is 12.4. The van der Waals surface area contributed by atoms with Crippen molar-refractivity contribution in [3.05, 3.63) is 23.4 Å². The van der Waals surface area contributed by atoms with E-state index in [1.165, 1.54) is 7.11 Å². The van der Waals surface area contributed by atoms with E-state index >= 15 is 0 Å². The summed E-state index contributed by atoms with van der Waals surface area (Å²) < 4.78 is 29.9. The van der Waals surface area contributed by atoms with E-state index in [-0.39, 0.29) is 11.5 Å². The average molecular weight is 336 g/mol. The van der Waals surface area contributed by atoms with E-state index in [9.17, 15) is 13.7 Å². The van der Waals surface area contributed by atoms with Crippen LogP contribution in [0.1, 0.15) is 49.7 Å². The molecular weight excluding hydrogens is 312 g/mol. The third-order valence-electron chi connectivity index (χ3n) is 4.72. The highest BCUT2D eigenvalue weighted by Gasteiger charge is 2.33. The van der Waals surface area contributed by atoms with Crippen LogP contribution in [0.3, 0.4) is 0 Å². The molecule has 1 heterocycles. The minimum Gasteiger partial charge on any atom is -0.481 e. The van der Waals surface area contributed by atoms with Crippen molar-refractivity contribution in [3.8, 4) is 11.9 Å². The highest BCUT2D eigenvalue weighted by molar-refractivity contribution is 7.90. The maximum absolute atomic E-state index is 12.4. The molecule has 0 saturated heterocycles. The topological polar surface area (TPSA) is 80.0 Å². The summed E-state index contributed by atoms with van der Waals surface area (Å²) in [6.07, 6.45) is 6.84. The largest absolute Gasteiger partial charge is 0.481 e. The first-order valence-corrected chi connectivity index (χ1v) is 9.83. The molecule has 0 N–H and O–H groups in total. The number of sulfone groups is 1. The van der Waals surface area contributed by atoms with Gasteiger partial charge in [0.1, 0.15) is 0 Å². The monoisotopic (exact) mass is 336 g/mol. The Hall–Kier alpha value is -1.61. The zero-order valence-electron chi connectivity index (χ0n) is 13.8. The molecule has 2 rings (SSSR count). The van der Waals surface area contributed by atoms with Crippen LogP contribution in [-0.2, 0) is 15.6 Å². The molecule has 1 aliphatic rings. The van der Waals surface area contributed by atoms with Crippen LogP contribution in [0.25, 0.3) is 0 Å². The molecule has 0 bridgehead atoms. The van der Waals surface area contributed by atoms with Crippen molar-refractivity contribution < 1.29 is 13.2 Å². The Morgan fingerprint density at radius 2 is 2.04 bits per heavy atom. The molecule has 1 saturated carbocycles. The van der Waals surface area contributed by atoms with Gasteiger partial charge in [0.2, 0.25) is 5.88 Å². The second kappa shape index (κ2) is 7.31. The van der Waals surface area contributed by atoms with E-state index < -0.39 is 15.3 Å². The molecule has 0 spiro atoms. The minimum atomic E-state index is -3.26. The quantitative estimate of drug-likeness (QED) is 0.797. The number of nitrogens with zero attached hydrogens (tertiary/aromatic N) is 2. The van der Waals surface area contributed by atoms with E-state index in [0.29, 0.717) is 17.9 Å². The van der Waals surface area contributed by atoms with Gasteiger partial charge >= 0.3 is 0 Å². The summed E-state index contributed by atoms with van der Waals surface area (Å²) in [5.41, 5.74) is 1.10. The van der Waals surface area contributed by atoms with Crippen LogP contribution >= 0.6 is 0 Å². The van der Waals surface area contributed by atoms with Gasteiger partial charge in [-0.25, -0.2) is 13.4 Å². The Balaban J connectivity index is 2.03. The molecule has 1 fully saturated rings. The SMILES string of the molecule is COc1cc(C)c(CS(=O)(=O)CCC2(C#N)CCCCC2)cn1. The maximum Gasteiger partial charge on any atom is 0.213 e. The molecule has 0 amide bonds. The Morgan fingerprint density at radius 3 is 2.61 bits per heavy atom. The Morgan fingerprint density at radius 1 is 1.35 bits per heavy atom. The molecule has 0 aliphatic heterocycles. The molecule has 0 atom stereocenters. The fourth-order valence-corrected chi connectivity index (χ4v) is 4.75. The van der Waals surface area contributed by atoms with Gasteiger partial charge in [0.25, 0.3) is 0 Å². The van der Waals surface area contributed by atoms with Crippen molar-refractivity contribution >= 4 is 9.84 Å². The van der Waals surface area contributed by atoms with E-state index in [1.54, 1.807) is 12.3 Å². The van der Waals surface area contributed by atoms with E-state index in [0.717, 1.165) is 37.7 Å². The molecule has 5 nitrogen and oxygen atoms in total. The lowest BCUT2D eigenvalue weighted by Crippen LogP contribution is -2.26. The van der Waals surface area contributed by atoms with Crippen molar-refractivity contribution in [2.45, 2.75) is 51.2 Å². The number of methoxy groups -OCH3 is 1. The normalized spacial score (nSPS) is 17.4. The third kappa shape index (κ3) is 4.68. The van der Waals surface area contributed by atoms with Crippen LogP contribution in [-0.4, -0.2) is 26.3 Å². The number of rotatable bonds is 6. The van der Waals surface area contributed by atoms with E-state index in [4.69, 9.17) is 4.74 Å². The van der Waals surface area contributed by atoms with E-state index in [2.05, 4.69) is 11.1 Å². The highest BCUT2D eigenvalue weighted by Crippen LogP contribution is 2.39.